The number of hydrogen-bond acceptors (Lipinski definition) is 5. The molecular weight excluding hydrogens is 372 g/mol. The Morgan fingerprint density at radius 2 is 2.07 bits per heavy atom. The van der Waals surface area contributed by atoms with Crippen LogP contribution in [0.3, 0.4) is 0 Å². The van der Waals surface area contributed by atoms with E-state index in [-0.39, 0.29) is 19.0 Å². The molecule has 1 atom stereocenters. The number of alkyl halides is 2. The zero-order valence-electron chi connectivity index (χ0n) is 16.9. The highest BCUT2D eigenvalue weighted by Gasteiger charge is 2.37. The number of rotatable bonds is 3. The van der Waals surface area contributed by atoms with E-state index in [1.54, 1.807) is 0 Å². The number of halogens is 2. The number of dihydropyridines is 1. The Bertz CT molecular complexity index is 892. The Balaban J connectivity index is 1.59. The fourth-order valence-electron chi connectivity index (χ4n) is 3.90. The number of aliphatic imine (C=N–C) groups is 1. The minimum Gasteiger partial charge on any atom is -0.372 e. The predicted molar refractivity (Wildman–Crippen MR) is 113 cm³/mol. The van der Waals surface area contributed by atoms with Crippen LogP contribution in [0.15, 0.2) is 53.7 Å². The molecule has 0 radical (unpaired) electrons. The SMILES string of the molecule is C=C1c2cccc(CNC3NC=CC=C3C)c2N=C(N2CCC(F)(F)CC2)N1C. The zero-order chi connectivity index (χ0) is 20.6. The first-order valence-electron chi connectivity index (χ1n) is 9.95. The first-order valence-corrected chi connectivity index (χ1v) is 9.95. The second kappa shape index (κ2) is 7.63. The molecule has 0 bridgehead atoms. The van der Waals surface area contributed by atoms with Gasteiger partial charge in [0.05, 0.1) is 11.9 Å². The minimum absolute atomic E-state index is 0.0677. The molecular formula is C22H27F2N5. The van der Waals surface area contributed by atoms with Gasteiger partial charge in [0.2, 0.25) is 5.96 Å². The maximum atomic E-state index is 13.6. The van der Waals surface area contributed by atoms with Crippen LogP contribution in [0.25, 0.3) is 5.70 Å². The molecule has 0 spiro atoms. The summed E-state index contributed by atoms with van der Waals surface area (Å²) in [5.41, 5.74) is 4.93. The van der Waals surface area contributed by atoms with Gasteiger partial charge in [-0.05, 0) is 30.3 Å². The summed E-state index contributed by atoms with van der Waals surface area (Å²) in [6.07, 6.45) is 5.76. The number of allylic oxidation sites excluding steroid dienone is 2. The highest BCUT2D eigenvalue weighted by molar-refractivity contribution is 5.97. The molecule has 1 aromatic carbocycles. The van der Waals surface area contributed by atoms with E-state index >= 15 is 0 Å². The van der Waals surface area contributed by atoms with Crippen LogP contribution in [0, 0.1) is 0 Å². The number of para-hydroxylation sites is 1. The van der Waals surface area contributed by atoms with Crippen molar-refractivity contribution in [2.45, 2.75) is 38.4 Å². The summed E-state index contributed by atoms with van der Waals surface area (Å²) in [5.74, 6) is -1.89. The molecule has 0 amide bonds. The van der Waals surface area contributed by atoms with Crippen LogP contribution in [0.2, 0.25) is 0 Å². The molecule has 0 aromatic heterocycles. The summed E-state index contributed by atoms with van der Waals surface area (Å²) < 4.78 is 27.2. The minimum atomic E-state index is -2.58. The highest BCUT2D eigenvalue weighted by atomic mass is 19.3. The zero-order valence-corrected chi connectivity index (χ0v) is 16.9. The van der Waals surface area contributed by atoms with E-state index in [4.69, 9.17) is 4.99 Å². The first kappa shape index (κ1) is 19.6. The number of likely N-dealkylation sites (tertiary alicyclic amines) is 1. The third-order valence-corrected chi connectivity index (χ3v) is 5.80. The second-order valence-electron chi connectivity index (χ2n) is 7.82. The molecule has 7 heteroatoms. The van der Waals surface area contributed by atoms with Gasteiger partial charge in [0.15, 0.2) is 0 Å². The van der Waals surface area contributed by atoms with Crippen LogP contribution in [-0.2, 0) is 6.54 Å². The van der Waals surface area contributed by atoms with Gasteiger partial charge in [0, 0.05) is 50.8 Å². The maximum Gasteiger partial charge on any atom is 0.251 e. The largest absolute Gasteiger partial charge is 0.372 e. The lowest BCUT2D eigenvalue weighted by Crippen LogP contribution is -2.48. The number of benzene rings is 1. The van der Waals surface area contributed by atoms with E-state index in [2.05, 4.69) is 30.2 Å². The van der Waals surface area contributed by atoms with Crippen molar-refractivity contribution in [1.82, 2.24) is 20.4 Å². The van der Waals surface area contributed by atoms with Crippen LogP contribution in [0.5, 0.6) is 0 Å². The quantitative estimate of drug-likeness (QED) is 0.812. The van der Waals surface area contributed by atoms with Gasteiger partial charge in [-0.1, -0.05) is 30.9 Å². The standard InChI is InChI=1S/C22H27F2N5/c1-15-6-5-11-25-20(15)26-14-17-7-4-8-18-16(2)28(3)21(27-19(17)18)29-12-9-22(23,24)10-13-29/h4-8,11,20,25-26H,2,9-10,12-14H2,1,3H3. The Morgan fingerprint density at radius 1 is 1.31 bits per heavy atom. The summed E-state index contributed by atoms with van der Waals surface area (Å²) in [4.78, 5) is 8.75. The van der Waals surface area contributed by atoms with Crippen molar-refractivity contribution in [3.8, 4) is 0 Å². The van der Waals surface area contributed by atoms with Crippen molar-refractivity contribution in [1.29, 1.82) is 0 Å². The molecule has 154 valence electrons. The number of guanidine groups is 1. The molecule has 3 aliphatic heterocycles. The van der Waals surface area contributed by atoms with E-state index in [0.717, 1.165) is 22.5 Å². The van der Waals surface area contributed by atoms with E-state index in [9.17, 15) is 8.78 Å². The van der Waals surface area contributed by atoms with Crippen LogP contribution < -0.4 is 10.6 Å². The van der Waals surface area contributed by atoms with Crippen molar-refractivity contribution in [2.24, 2.45) is 4.99 Å². The third kappa shape index (κ3) is 3.92. The van der Waals surface area contributed by atoms with Crippen LogP contribution in [0.1, 0.15) is 30.9 Å². The van der Waals surface area contributed by atoms with Gasteiger partial charge in [-0.3, -0.25) is 5.32 Å². The molecule has 1 unspecified atom stereocenters. The van der Waals surface area contributed by atoms with E-state index < -0.39 is 5.92 Å². The molecule has 5 nitrogen and oxygen atoms in total. The number of piperidine rings is 1. The Labute approximate surface area is 170 Å². The van der Waals surface area contributed by atoms with Crippen LogP contribution in [-0.4, -0.2) is 48.0 Å². The van der Waals surface area contributed by atoms with E-state index in [1.807, 2.05) is 47.3 Å². The average Bonchev–Trinajstić information content (AvgIpc) is 2.70. The molecule has 3 heterocycles. The summed E-state index contributed by atoms with van der Waals surface area (Å²) >= 11 is 0. The molecule has 1 saturated heterocycles. The molecule has 1 fully saturated rings. The van der Waals surface area contributed by atoms with Gasteiger partial charge in [-0.25, -0.2) is 13.8 Å². The molecule has 2 N–H and O–H groups in total. The number of nitrogens with one attached hydrogen (secondary N) is 2. The monoisotopic (exact) mass is 399 g/mol. The smallest absolute Gasteiger partial charge is 0.251 e. The number of fused-ring (bicyclic) bond motifs is 1. The highest BCUT2D eigenvalue weighted by Crippen LogP contribution is 2.37. The van der Waals surface area contributed by atoms with Gasteiger partial charge in [-0.15, -0.1) is 0 Å². The molecule has 0 saturated carbocycles. The Hall–Kier alpha value is -2.67. The van der Waals surface area contributed by atoms with Crippen molar-refractivity contribution in [3.63, 3.8) is 0 Å². The molecule has 4 rings (SSSR count). The average molecular weight is 399 g/mol. The van der Waals surface area contributed by atoms with E-state index in [0.29, 0.717) is 25.6 Å². The number of nitrogens with zero attached hydrogens (tertiary/aromatic N) is 3. The van der Waals surface area contributed by atoms with Crippen molar-refractivity contribution in [3.05, 3.63) is 59.8 Å². The number of hydrogen-bond donors (Lipinski definition) is 2. The lowest BCUT2D eigenvalue weighted by Gasteiger charge is -2.40. The second-order valence-corrected chi connectivity index (χ2v) is 7.82. The summed E-state index contributed by atoms with van der Waals surface area (Å²) in [7, 11) is 1.90. The fraction of sp³-hybridized carbons (Fsp3) is 0.409. The molecule has 1 aromatic rings. The maximum absolute atomic E-state index is 13.6. The predicted octanol–water partition coefficient (Wildman–Crippen LogP) is 3.80. The Morgan fingerprint density at radius 3 is 2.79 bits per heavy atom. The van der Waals surface area contributed by atoms with Crippen molar-refractivity contribution >= 4 is 17.3 Å². The van der Waals surface area contributed by atoms with Crippen LogP contribution >= 0.6 is 0 Å². The van der Waals surface area contributed by atoms with Gasteiger partial charge >= 0.3 is 0 Å². The summed E-state index contributed by atoms with van der Waals surface area (Å²) in [6, 6.07) is 6.07. The summed E-state index contributed by atoms with van der Waals surface area (Å²) in [5, 5.41) is 6.82. The first-order chi connectivity index (χ1) is 13.9. The van der Waals surface area contributed by atoms with Gasteiger partial charge in [0.25, 0.3) is 5.92 Å². The third-order valence-electron chi connectivity index (χ3n) is 5.80. The Kier molecular flexibility index (Phi) is 5.17. The van der Waals surface area contributed by atoms with Crippen molar-refractivity contribution < 1.29 is 8.78 Å². The fourth-order valence-corrected chi connectivity index (χ4v) is 3.90. The van der Waals surface area contributed by atoms with Crippen molar-refractivity contribution in [2.75, 3.05) is 20.1 Å². The lowest BCUT2D eigenvalue weighted by molar-refractivity contribution is -0.0445. The van der Waals surface area contributed by atoms with Gasteiger partial charge < -0.3 is 15.1 Å². The molecule has 29 heavy (non-hydrogen) atoms. The summed E-state index contributed by atoms with van der Waals surface area (Å²) in [6.45, 7) is 7.53. The lowest BCUT2D eigenvalue weighted by atomic mass is 10.0. The van der Waals surface area contributed by atoms with Gasteiger partial charge in [-0.2, -0.15) is 0 Å². The van der Waals surface area contributed by atoms with Gasteiger partial charge in [0.1, 0.15) is 0 Å². The molecule has 0 aliphatic carbocycles. The molecule has 3 aliphatic rings. The van der Waals surface area contributed by atoms with Crippen LogP contribution in [0.4, 0.5) is 14.5 Å². The topological polar surface area (TPSA) is 42.9 Å². The van der Waals surface area contributed by atoms with E-state index in [1.165, 1.54) is 5.57 Å². The normalized spacial score (nSPS) is 23.3.